The van der Waals surface area contributed by atoms with Gasteiger partial charge in [0.05, 0.1) is 11.6 Å². The van der Waals surface area contributed by atoms with E-state index in [1.807, 2.05) is 36.4 Å². The third kappa shape index (κ3) is 4.18. The van der Waals surface area contributed by atoms with Gasteiger partial charge in [0.1, 0.15) is 0 Å². The molecule has 1 amide bonds. The molecule has 0 saturated heterocycles. The maximum absolute atomic E-state index is 12.6. The van der Waals surface area contributed by atoms with E-state index in [9.17, 15) is 4.79 Å². The third-order valence-corrected chi connectivity index (χ3v) is 3.84. The monoisotopic (exact) mass is 402 g/mol. The van der Waals surface area contributed by atoms with Crippen LogP contribution in [-0.4, -0.2) is 17.4 Å². The van der Waals surface area contributed by atoms with Crippen molar-refractivity contribution in [3.8, 4) is 6.07 Å². The topological polar surface area (TPSA) is 44.1 Å². The van der Waals surface area contributed by atoms with Gasteiger partial charge < -0.3 is 4.90 Å². The van der Waals surface area contributed by atoms with E-state index in [-0.39, 0.29) is 5.91 Å². The molecule has 4 heteroatoms. The van der Waals surface area contributed by atoms with Gasteiger partial charge in [-0.1, -0.05) is 24.3 Å². The number of hydrogen-bond acceptors (Lipinski definition) is 2. The number of carbonyl (C=O) groups excluding carboxylic acids is 1. The van der Waals surface area contributed by atoms with Gasteiger partial charge in [-0.15, -0.1) is 6.58 Å². The zero-order chi connectivity index (χ0) is 15.9. The lowest BCUT2D eigenvalue weighted by Crippen LogP contribution is -2.30. The number of rotatable bonds is 5. The van der Waals surface area contributed by atoms with Crippen LogP contribution in [0.1, 0.15) is 21.5 Å². The summed E-state index contributed by atoms with van der Waals surface area (Å²) >= 11 is 2.19. The van der Waals surface area contributed by atoms with Gasteiger partial charge in [-0.25, -0.2) is 0 Å². The highest BCUT2D eigenvalue weighted by molar-refractivity contribution is 14.1. The molecule has 0 spiro atoms. The van der Waals surface area contributed by atoms with E-state index in [0.29, 0.717) is 24.2 Å². The second-order valence-electron chi connectivity index (χ2n) is 4.79. The highest BCUT2D eigenvalue weighted by atomic mass is 127. The van der Waals surface area contributed by atoms with Crippen molar-refractivity contribution in [3.63, 3.8) is 0 Å². The fourth-order valence-electron chi connectivity index (χ4n) is 2.08. The summed E-state index contributed by atoms with van der Waals surface area (Å²) in [6, 6.07) is 16.9. The lowest BCUT2D eigenvalue weighted by Gasteiger charge is -2.21. The molecule has 0 radical (unpaired) electrons. The Morgan fingerprint density at radius 3 is 2.59 bits per heavy atom. The van der Waals surface area contributed by atoms with Gasteiger partial charge in [0, 0.05) is 22.2 Å². The molecule has 0 heterocycles. The van der Waals surface area contributed by atoms with Gasteiger partial charge in [-0.3, -0.25) is 4.79 Å². The molecule has 0 fully saturated rings. The highest BCUT2D eigenvalue weighted by Gasteiger charge is 2.15. The summed E-state index contributed by atoms with van der Waals surface area (Å²) in [7, 11) is 0. The maximum atomic E-state index is 12.6. The summed E-state index contributed by atoms with van der Waals surface area (Å²) in [5, 5.41) is 8.83. The van der Waals surface area contributed by atoms with E-state index < -0.39 is 0 Å². The van der Waals surface area contributed by atoms with E-state index >= 15 is 0 Å². The van der Waals surface area contributed by atoms with Crippen LogP contribution < -0.4 is 0 Å². The standard InChI is InChI=1S/C18H15IN2O/c1-2-10-21(13-15-8-6-14(12-20)7-9-15)18(22)16-4-3-5-17(19)11-16/h2-9,11H,1,10,13H2. The minimum atomic E-state index is -0.0252. The first-order valence-electron chi connectivity index (χ1n) is 6.79. The molecule has 0 aromatic heterocycles. The van der Waals surface area contributed by atoms with Crippen molar-refractivity contribution in [2.75, 3.05) is 6.54 Å². The molecule has 0 unspecified atom stereocenters. The number of halogens is 1. The van der Waals surface area contributed by atoms with Crippen LogP contribution in [0.25, 0.3) is 0 Å². The van der Waals surface area contributed by atoms with Crippen molar-refractivity contribution < 1.29 is 4.79 Å². The normalized spacial score (nSPS) is 9.82. The van der Waals surface area contributed by atoms with Gasteiger partial charge in [-0.05, 0) is 58.5 Å². The van der Waals surface area contributed by atoms with E-state index in [1.165, 1.54) is 0 Å². The van der Waals surface area contributed by atoms with Crippen LogP contribution in [0.5, 0.6) is 0 Å². The van der Waals surface area contributed by atoms with Crippen molar-refractivity contribution in [1.82, 2.24) is 4.90 Å². The van der Waals surface area contributed by atoms with Gasteiger partial charge in [0.2, 0.25) is 0 Å². The van der Waals surface area contributed by atoms with Crippen LogP contribution in [0.2, 0.25) is 0 Å². The number of carbonyl (C=O) groups is 1. The first-order chi connectivity index (χ1) is 10.6. The van der Waals surface area contributed by atoms with Crippen molar-refractivity contribution in [2.45, 2.75) is 6.54 Å². The Kier molecular flexibility index (Phi) is 5.73. The van der Waals surface area contributed by atoms with Crippen molar-refractivity contribution in [3.05, 3.63) is 81.4 Å². The SMILES string of the molecule is C=CCN(Cc1ccc(C#N)cc1)C(=O)c1cccc(I)c1. The Labute approximate surface area is 144 Å². The number of nitrogens with zero attached hydrogens (tertiary/aromatic N) is 2. The van der Waals surface area contributed by atoms with Gasteiger partial charge in [0.15, 0.2) is 0 Å². The van der Waals surface area contributed by atoms with Gasteiger partial charge in [0.25, 0.3) is 5.91 Å². The van der Waals surface area contributed by atoms with Crippen LogP contribution in [0.3, 0.4) is 0 Å². The van der Waals surface area contributed by atoms with Crippen molar-refractivity contribution >= 4 is 28.5 Å². The Hall–Kier alpha value is -2.13. The molecule has 0 aliphatic rings. The molecule has 0 aliphatic heterocycles. The maximum Gasteiger partial charge on any atom is 0.254 e. The van der Waals surface area contributed by atoms with E-state index in [0.717, 1.165) is 9.13 Å². The van der Waals surface area contributed by atoms with Gasteiger partial charge >= 0.3 is 0 Å². The van der Waals surface area contributed by atoms with E-state index in [4.69, 9.17) is 5.26 Å². The van der Waals surface area contributed by atoms with Crippen molar-refractivity contribution in [2.24, 2.45) is 0 Å². The molecular formula is C18H15IN2O. The number of amides is 1. The van der Waals surface area contributed by atoms with Crippen LogP contribution in [0.15, 0.2) is 61.2 Å². The summed E-state index contributed by atoms with van der Waals surface area (Å²) in [6.45, 7) is 4.69. The molecule has 0 saturated carbocycles. The predicted octanol–water partition coefficient (Wildman–Crippen LogP) is 3.99. The number of hydrogen-bond donors (Lipinski definition) is 0. The summed E-state index contributed by atoms with van der Waals surface area (Å²) in [4.78, 5) is 14.4. The molecule has 2 rings (SSSR count). The van der Waals surface area contributed by atoms with Gasteiger partial charge in [-0.2, -0.15) is 5.26 Å². The molecular weight excluding hydrogens is 387 g/mol. The third-order valence-electron chi connectivity index (χ3n) is 3.16. The van der Waals surface area contributed by atoms with E-state index in [2.05, 4.69) is 35.2 Å². The van der Waals surface area contributed by atoms with E-state index in [1.54, 1.807) is 23.1 Å². The largest absolute Gasteiger partial charge is 0.331 e. The summed E-state index contributed by atoms with van der Waals surface area (Å²) < 4.78 is 1.03. The predicted molar refractivity (Wildman–Crippen MR) is 95.3 cm³/mol. The average Bonchev–Trinajstić information content (AvgIpc) is 2.54. The molecule has 0 N–H and O–H groups in total. The smallest absolute Gasteiger partial charge is 0.254 e. The first-order valence-corrected chi connectivity index (χ1v) is 7.86. The molecule has 22 heavy (non-hydrogen) atoms. The average molecular weight is 402 g/mol. The Bertz CT molecular complexity index is 717. The Morgan fingerprint density at radius 1 is 1.27 bits per heavy atom. The first kappa shape index (κ1) is 16.2. The second kappa shape index (κ2) is 7.76. The van der Waals surface area contributed by atoms with Crippen LogP contribution in [-0.2, 0) is 6.54 Å². The van der Waals surface area contributed by atoms with Crippen LogP contribution in [0, 0.1) is 14.9 Å². The molecule has 0 aliphatic carbocycles. The Morgan fingerprint density at radius 2 is 2.00 bits per heavy atom. The number of benzene rings is 2. The molecule has 110 valence electrons. The van der Waals surface area contributed by atoms with Crippen molar-refractivity contribution in [1.29, 1.82) is 5.26 Å². The fraction of sp³-hybridized carbons (Fsp3) is 0.111. The molecule has 0 atom stereocenters. The number of nitriles is 1. The summed E-state index contributed by atoms with van der Waals surface area (Å²) in [5.41, 5.74) is 2.27. The molecule has 0 bridgehead atoms. The fourth-order valence-corrected chi connectivity index (χ4v) is 2.63. The second-order valence-corrected chi connectivity index (χ2v) is 6.04. The van der Waals surface area contributed by atoms with Crippen LogP contribution >= 0.6 is 22.6 Å². The minimum absolute atomic E-state index is 0.0252. The zero-order valence-electron chi connectivity index (χ0n) is 12.0. The minimum Gasteiger partial charge on any atom is -0.331 e. The summed E-state index contributed by atoms with van der Waals surface area (Å²) in [6.07, 6.45) is 1.72. The lowest BCUT2D eigenvalue weighted by molar-refractivity contribution is 0.0762. The molecule has 2 aromatic carbocycles. The van der Waals surface area contributed by atoms with Crippen LogP contribution in [0.4, 0.5) is 0 Å². The lowest BCUT2D eigenvalue weighted by atomic mass is 10.1. The highest BCUT2D eigenvalue weighted by Crippen LogP contribution is 2.13. The Balaban J connectivity index is 2.20. The quantitative estimate of drug-likeness (QED) is 0.561. The zero-order valence-corrected chi connectivity index (χ0v) is 14.2. The molecule has 3 nitrogen and oxygen atoms in total. The molecule has 2 aromatic rings. The summed E-state index contributed by atoms with van der Waals surface area (Å²) in [5.74, 6) is -0.0252.